The van der Waals surface area contributed by atoms with Crippen LogP contribution in [-0.2, 0) is 4.79 Å². The summed E-state index contributed by atoms with van der Waals surface area (Å²) in [5, 5.41) is 12.6. The van der Waals surface area contributed by atoms with E-state index < -0.39 is 0 Å². The fraction of sp³-hybridized carbons (Fsp3) is 0.353. The maximum atomic E-state index is 11.8. The van der Waals surface area contributed by atoms with E-state index in [1.807, 2.05) is 32.1 Å². The van der Waals surface area contributed by atoms with Crippen LogP contribution in [0.4, 0.5) is 0 Å². The standard InChI is InChI=1S/C17H20ClNO3/c1-17(2,11-20)10-19-16(21)6-3-12-7-13-8-14(18)4-5-15(13)22-9-12/h3-8,20H,9-11H2,1-2H3,(H,19,21)/b6-3+. The number of hydrogen-bond acceptors (Lipinski definition) is 3. The third-order valence-electron chi connectivity index (χ3n) is 3.33. The zero-order valence-corrected chi connectivity index (χ0v) is 13.5. The topological polar surface area (TPSA) is 58.6 Å². The minimum atomic E-state index is -0.327. The third kappa shape index (κ3) is 4.61. The lowest BCUT2D eigenvalue weighted by Gasteiger charge is -2.21. The highest BCUT2D eigenvalue weighted by Gasteiger charge is 2.16. The van der Waals surface area contributed by atoms with Crippen LogP contribution in [0.5, 0.6) is 5.75 Å². The van der Waals surface area contributed by atoms with Gasteiger partial charge >= 0.3 is 0 Å². The predicted molar refractivity (Wildman–Crippen MR) is 87.9 cm³/mol. The Morgan fingerprint density at radius 2 is 2.27 bits per heavy atom. The Morgan fingerprint density at radius 3 is 3.00 bits per heavy atom. The van der Waals surface area contributed by atoms with E-state index in [0.29, 0.717) is 18.2 Å². The van der Waals surface area contributed by atoms with Gasteiger partial charge in [-0.1, -0.05) is 31.5 Å². The second-order valence-electron chi connectivity index (χ2n) is 6.06. The molecule has 0 spiro atoms. The van der Waals surface area contributed by atoms with Crippen molar-refractivity contribution in [3.05, 3.63) is 46.5 Å². The van der Waals surface area contributed by atoms with E-state index in [4.69, 9.17) is 21.4 Å². The first-order valence-electron chi connectivity index (χ1n) is 7.09. The van der Waals surface area contributed by atoms with Crippen LogP contribution in [0.2, 0.25) is 5.02 Å². The van der Waals surface area contributed by atoms with Crippen LogP contribution in [-0.4, -0.2) is 30.8 Å². The number of amides is 1. The van der Waals surface area contributed by atoms with Crippen LogP contribution in [0.3, 0.4) is 0 Å². The van der Waals surface area contributed by atoms with Gasteiger partial charge in [0.15, 0.2) is 0 Å². The molecule has 0 bridgehead atoms. The lowest BCUT2D eigenvalue weighted by molar-refractivity contribution is -0.117. The molecule has 0 radical (unpaired) electrons. The summed E-state index contributed by atoms with van der Waals surface area (Å²) < 4.78 is 5.61. The van der Waals surface area contributed by atoms with E-state index in [9.17, 15) is 4.79 Å². The van der Waals surface area contributed by atoms with Gasteiger partial charge < -0.3 is 15.2 Å². The summed E-state index contributed by atoms with van der Waals surface area (Å²) in [5.41, 5.74) is 1.47. The molecule has 0 saturated heterocycles. The number of carbonyl (C=O) groups excluding carboxylic acids is 1. The molecule has 1 aromatic rings. The van der Waals surface area contributed by atoms with Crippen LogP contribution in [0.1, 0.15) is 19.4 Å². The van der Waals surface area contributed by atoms with E-state index in [2.05, 4.69) is 5.32 Å². The molecule has 22 heavy (non-hydrogen) atoms. The molecule has 0 aliphatic carbocycles. The minimum absolute atomic E-state index is 0.0214. The third-order valence-corrected chi connectivity index (χ3v) is 3.56. The fourth-order valence-corrected chi connectivity index (χ4v) is 2.07. The minimum Gasteiger partial charge on any atom is -0.488 e. The lowest BCUT2D eigenvalue weighted by Crippen LogP contribution is -2.35. The maximum Gasteiger partial charge on any atom is 0.244 e. The monoisotopic (exact) mass is 321 g/mol. The molecule has 4 nitrogen and oxygen atoms in total. The van der Waals surface area contributed by atoms with Crippen molar-refractivity contribution in [2.24, 2.45) is 5.41 Å². The summed E-state index contributed by atoms with van der Waals surface area (Å²) in [7, 11) is 0. The molecular weight excluding hydrogens is 302 g/mol. The Balaban J connectivity index is 1.97. The van der Waals surface area contributed by atoms with Gasteiger partial charge in [0.2, 0.25) is 5.91 Å². The molecule has 1 heterocycles. The highest BCUT2D eigenvalue weighted by molar-refractivity contribution is 6.30. The van der Waals surface area contributed by atoms with Gasteiger partial charge in [0.25, 0.3) is 0 Å². The van der Waals surface area contributed by atoms with Crippen LogP contribution in [0, 0.1) is 5.41 Å². The van der Waals surface area contributed by atoms with Gasteiger partial charge in [0.05, 0.1) is 0 Å². The van der Waals surface area contributed by atoms with E-state index in [1.165, 1.54) is 6.08 Å². The summed E-state index contributed by atoms with van der Waals surface area (Å²) >= 11 is 5.96. The molecule has 1 aliphatic rings. The average molecular weight is 322 g/mol. The van der Waals surface area contributed by atoms with Crippen LogP contribution >= 0.6 is 11.6 Å². The Labute approximate surface area is 135 Å². The van der Waals surface area contributed by atoms with Crippen molar-refractivity contribution in [3.8, 4) is 5.75 Å². The smallest absolute Gasteiger partial charge is 0.244 e. The molecule has 0 unspecified atom stereocenters. The van der Waals surface area contributed by atoms with Crippen molar-refractivity contribution in [1.29, 1.82) is 0 Å². The van der Waals surface area contributed by atoms with E-state index in [1.54, 1.807) is 12.1 Å². The molecule has 5 heteroatoms. The second kappa shape index (κ2) is 6.99. The normalized spacial score (nSPS) is 14.3. The first-order valence-corrected chi connectivity index (χ1v) is 7.47. The number of aliphatic hydroxyl groups excluding tert-OH is 1. The predicted octanol–water partition coefficient (Wildman–Crippen LogP) is 2.81. The summed E-state index contributed by atoms with van der Waals surface area (Å²) in [6.45, 7) is 4.62. The van der Waals surface area contributed by atoms with Crippen LogP contribution in [0.15, 0.2) is 35.9 Å². The van der Waals surface area contributed by atoms with Gasteiger partial charge in [-0.2, -0.15) is 0 Å². The van der Waals surface area contributed by atoms with Gasteiger partial charge in [-0.3, -0.25) is 4.79 Å². The number of carbonyl (C=O) groups is 1. The van der Waals surface area contributed by atoms with Crippen molar-refractivity contribution in [3.63, 3.8) is 0 Å². The molecule has 0 aromatic heterocycles. The van der Waals surface area contributed by atoms with Gasteiger partial charge in [-0.05, 0) is 29.8 Å². The van der Waals surface area contributed by atoms with Crippen molar-refractivity contribution >= 4 is 23.6 Å². The average Bonchev–Trinajstić information content (AvgIpc) is 2.50. The highest BCUT2D eigenvalue weighted by atomic mass is 35.5. The Hall–Kier alpha value is -1.78. The van der Waals surface area contributed by atoms with Gasteiger partial charge in [0, 0.05) is 35.2 Å². The van der Waals surface area contributed by atoms with Crippen molar-refractivity contribution in [2.45, 2.75) is 13.8 Å². The van der Waals surface area contributed by atoms with Crippen molar-refractivity contribution in [2.75, 3.05) is 19.8 Å². The van der Waals surface area contributed by atoms with E-state index in [-0.39, 0.29) is 17.9 Å². The van der Waals surface area contributed by atoms with E-state index >= 15 is 0 Å². The second-order valence-corrected chi connectivity index (χ2v) is 6.50. The summed E-state index contributed by atoms with van der Waals surface area (Å²) in [4.78, 5) is 11.8. The fourth-order valence-electron chi connectivity index (χ4n) is 1.89. The van der Waals surface area contributed by atoms with Crippen LogP contribution in [0.25, 0.3) is 6.08 Å². The molecule has 118 valence electrons. The number of hydrogen-bond donors (Lipinski definition) is 2. The largest absolute Gasteiger partial charge is 0.488 e. The SMILES string of the molecule is CC(C)(CO)CNC(=O)/C=C/C1=Cc2cc(Cl)ccc2OC1. The number of rotatable bonds is 5. The molecular formula is C17H20ClNO3. The number of halogens is 1. The van der Waals surface area contributed by atoms with Gasteiger partial charge in [0.1, 0.15) is 12.4 Å². The molecule has 2 rings (SSSR count). The summed E-state index contributed by atoms with van der Waals surface area (Å²) in [6.07, 6.45) is 5.15. The first-order chi connectivity index (χ1) is 10.4. The Morgan fingerprint density at radius 1 is 1.50 bits per heavy atom. The highest BCUT2D eigenvalue weighted by Crippen LogP contribution is 2.29. The Bertz CT molecular complexity index is 620. The summed E-state index contributed by atoms with van der Waals surface area (Å²) in [5.74, 6) is 0.593. The summed E-state index contributed by atoms with van der Waals surface area (Å²) in [6, 6.07) is 5.44. The number of nitrogens with one attached hydrogen (secondary N) is 1. The lowest BCUT2D eigenvalue weighted by atomic mass is 9.95. The Kier molecular flexibility index (Phi) is 5.27. The number of aliphatic hydroxyl groups is 1. The van der Waals surface area contributed by atoms with E-state index in [0.717, 1.165) is 16.9 Å². The quantitative estimate of drug-likeness (QED) is 0.820. The molecule has 2 N–H and O–H groups in total. The molecule has 1 amide bonds. The number of fused-ring (bicyclic) bond motifs is 1. The molecule has 0 atom stereocenters. The maximum absolute atomic E-state index is 11.8. The number of ether oxygens (including phenoxy) is 1. The molecule has 1 aliphatic heterocycles. The zero-order chi connectivity index (χ0) is 16.2. The van der Waals surface area contributed by atoms with Crippen molar-refractivity contribution < 1.29 is 14.6 Å². The molecule has 1 aromatic carbocycles. The number of benzene rings is 1. The first kappa shape index (κ1) is 16.6. The van der Waals surface area contributed by atoms with Crippen molar-refractivity contribution in [1.82, 2.24) is 5.32 Å². The molecule has 0 fully saturated rings. The van der Waals surface area contributed by atoms with Crippen LogP contribution < -0.4 is 10.1 Å². The van der Waals surface area contributed by atoms with Gasteiger partial charge in [-0.25, -0.2) is 0 Å². The zero-order valence-electron chi connectivity index (χ0n) is 12.7. The molecule has 0 saturated carbocycles. The van der Waals surface area contributed by atoms with Gasteiger partial charge in [-0.15, -0.1) is 0 Å².